The van der Waals surface area contributed by atoms with Crippen LogP contribution in [0.1, 0.15) is 15.9 Å². The average Bonchev–Trinajstić information content (AvgIpc) is 2.75. The average molecular weight is 471 g/mol. The van der Waals surface area contributed by atoms with E-state index in [1.807, 2.05) is 0 Å². The third-order valence-electron chi connectivity index (χ3n) is 4.56. The van der Waals surface area contributed by atoms with Gasteiger partial charge in [0.1, 0.15) is 10.7 Å². The minimum Gasteiger partial charge on any atom is -0.452 e. The predicted octanol–water partition coefficient (Wildman–Crippen LogP) is 2.60. The highest BCUT2D eigenvalue weighted by atomic mass is 35.5. The number of morpholine rings is 1. The van der Waals surface area contributed by atoms with Gasteiger partial charge in [-0.3, -0.25) is 4.79 Å². The van der Waals surface area contributed by atoms with E-state index in [4.69, 9.17) is 21.1 Å². The third-order valence-corrected chi connectivity index (χ3v) is 6.94. The summed E-state index contributed by atoms with van der Waals surface area (Å²) in [6.45, 7) is 1.94. The molecule has 0 aromatic heterocycles. The number of aryl methyl sites for hydroxylation is 1. The molecule has 0 unspecified atom stereocenters. The van der Waals surface area contributed by atoms with Crippen LogP contribution in [0.25, 0.3) is 0 Å². The molecule has 0 aliphatic carbocycles. The lowest BCUT2D eigenvalue weighted by Crippen LogP contribution is -2.40. The molecule has 166 valence electrons. The molecule has 1 saturated heterocycles. The Balaban J connectivity index is 1.67. The minimum atomic E-state index is -3.87. The fourth-order valence-corrected chi connectivity index (χ4v) is 4.83. The molecule has 0 saturated carbocycles. The molecule has 0 atom stereocenters. The van der Waals surface area contributed by atoms with E-state index < -0.39 is 34.3 Å². The number of nitrogens with zero attached hydrogens (tertiary/aromatic N) is 1. The van der Waals surface area contributed by atoms with Crippen LogP contribution in [0.2, 0.25) is 5.02 Å². The molecule has 1 aliphatic heterocycles. The molecular weight excluding hydrogens is 451 g/mol. The molecule has 11 heteroatoms. The van der Waals surface area contributed by atoms with Gasteiger partial charge >= 0.3 is 5.97 Å². The van der Waals surface area contributed by atoms with Crippen LogP contribution in [0.4, 0.5) is 10.1 Å². The smallest absolute Gasteiger partial charge is 0.339 e. The summed E-state index contributed by atoms with van der Waals surface area (Å²) in [6.07, 6.45) is 0. The van der Waals surface area contributed by atoms with Crippen molar-refractivity contribution in [1.29, 1.82) is 0 Å². The number of rotatable bonds is 6. The maximum Gasteiger partial charge on any atom is 0.339 e. The lowest BCUT2D eigenvalue weighted by atomic mass is 10.1. The molecule has 2 aromatic rings. The molecule has 0 bridgehead atoms. The van der Waals surface area contributed by atoms with Crippen molar-refractivity contribution in [2.45, 2.75) is 11.8 Å². The summed E-state index contributed by atoms with van der Waals surface area (Å²) in [5.41, 5.74) is 0.680. The first-order valence-electron chi connectivity index (χ1n) is 9.29. The van der Waals surface area contributed by atoms with Crippen LogP contribution in [-0.2, 0) is 24.3 Å². The number of amides is 1. The SMILES string of the molecule is Cc1ccc(F)cc1C(=O)OCC(=O)Nc1ccc(Cl)c(S(=O)(=O)N2CCOCC2)c1. The second kappa shape index (κ2) is 9.73. The number of anilines is 1. The van der Waals surface area contributed by atoms with Gasteiger partial charge in [-0.2, -0.15) is 4.31 Å². The number of carbonyl (C=O) groups is 2. The highest BCUT2D eigenvalue weighted by molar-refractivity contribution is 7.89. The van der Waals surface area contributed by atoms with E-state index in [1.165, 1.54) is 34.6 Å². The summed E-state index contributed by atoms with van der Waals surface area (Å²) < 4.78 is 50.4. The van der Waals surface area contributed by atoms with Crippen molar-refractivity contribution in [3.05, 3.63) is 58.4 Å². The summed E-state index contributed by atoms with van der Waals surface area (Å²) in [6, 6.07) is 7.68. The number of hydrogen-bond donors (Lipinski definition) is 1. The van der Waals surface area contributed by atoms with Crippen molar-refractivity contribution >= 4 is 39.2 Å². The zero-order valence-electron chi connectivity index (χ0n) is 16.6. The summed E-state index contributed by atoms with van der Waals surface area (Å²) in [4.78, 5) is 24.1. The number of hydrogen-bond acceptors (Lipinski definition) is 6. The number of carbonyl (C=O) groups excluding carboxylic acids is 2. The van der Waals surface area contributed by atoms with Gasteiger partial charge in [-0.25, -0.2) is 17.6 Å². The molecule has 1 fully saturated rings. The van der Waals surface area contributed by atoms with Crippen LogP contribution < -0.4 is 5.32 Å². The number of halogens is 2. The summed E-state index contributed by atoms with van der Waals surface area (Å²) >= 11 is 6.08. The Labute approximate surface area is 183 Å². The summed E-state index contributed by atoms with van der Waals surface area (Å²) in [7, 11) is -3.87. The fourth-order valence-electron chi connectivity index (χ4n) is 2.92. The predicted molar refractivity (Wildman–Crippen MR) is 111 cm³/mol. The van der Waals surface area contributed by atoms with Gasteiger partial charge in [0.2, 0.25) is 10.0 Å². The number of nitrogens with one attached hydrogen (secondary N) is 1. The van der Waals surface area contributed by atoms with Crippen LogP contribution >= 0.6 is 11.6 Å². The maximum atomic E-state index is 13.3. The van der Waals surface area contributed by atoms with Crippen molar-refractivity contribution in [1.82, 2.24) is 4.31 Å². The molecule has 1 aliphatic rings. The van der Waals surface area contributed by atoms with Gasteiger partial charge in [-0.05, 0) is 42.8 Å². The van der Waals surface area contributed by atoms with Gasteiger partial charge < -0.3 is 14.8 Å². The topological polar surface area (TPSA) is 102 Å². The molecular formula is C20H20ClFN2O6S. The number of ether oxygens (including phenoxy) is 2. The molecule has 3 rings (SSSR count). The monoisotopic (exact) mass is 470 g/mol. The molecule has 2 aromatic carbocycles. The molecule has 1 N–H and O–H groups in total. The van der Waals surface area contributed by atoms with Crippen LogP contribution in [0.5, 0.6) is 0 Å². The van der Waals surface area contributed by atoms with E-state index in [0.717, 1.165) is 6.07 Å². The van der Waals surface area contributed by atoms with Gasteiger partial charge in [0.15, 0.2) is 6.61 Å². The summed E-state index contributed by atoms with van der Waals surface area (Å²) in [5.74, 6) is -2.14. The molecule has 0 radical (unpaired) electrons. The van der Waals surface area contributed by atoms with Crippen LogP contribution in [0, 0.1) is 12.7 Å². The van der Waals surface area contributed by atoms with Crippen molar-refractivity contribution < 1.29 is 31.9 Å². The lowest BCUT2D eigenvalue weighted by molar-refractivity contribution is -0.119. The minimum absolute atomic E-state index is 0.0116. The van der Waals surface area contributed by atoms with Gasteiger partial charge in [0.25, 0.3) is 5.91 Å². The van der Waals surface area contributed by atoms with Crippen LogP contribution in [-0.4, -0.2) is 57.5 Å². The second-order valence-electron chi connectivity index (χ2n) is 6.75. The van der Waals surface area contributed by atoms with Gasteiger partial charge in [0.05, 0.1) is 23.8 Å². The molecule has 31 heavy (non-hydrogen) atoms. The second-order valence-corrected chi connectivity index (χ2v) is 9.06. The van der Waals surface area contributed by atoms with Crippen molar-refractivity contribution in [2.75, 3.05) is 38.2 Å². The highest BCUT2D eigenvalue weighted by Crippen LogP contribution is 2.28. The Morgan fingerprint density at radius 1 is 1.19 bits per heavy atom. The van der Waals surface area contributed by atoms with Crippen molar-refractivity contribution in [3.8, 4) is 0 Å². The van der Waals surface area contributed by atoms with Gasteiger partial charge in [0, 0.05) is 18.8 Å². The zero-order valence-corrected chi connectivity index (χ0v) is 18.1. The van der Waals surface area contributed by atoms with E-state index in [-0.39, 0.29) is 47.5 Å². The first-order chi connectivity index (χ1) is 14.7. The number of esters is 1. The van der Waals surface area contributed by atoms with E-state index in [0.29, 0.717) is 5.56 Å². The van der Waals surface area contributed by atoms with Gasteiger partial charge in [-0.1, -0.05) is 17.7 Å². The van der Waals surface area contributed by atoms with Crippen LogP contribution in [0.15, 0.2) is 41.3 Å². The molecule has 8 nitrogen and oxygen atoms in total. The van der Waals surface area contributed by atoms with Crippen LogP contribution in [0.3, 0.4) is 0 Å². The first-order valence-corrected chi connectivity index (χ1v) is 11.1. The lowest BCUT2D eigenvalue weighted by Gasteiger charge is -2.26. The largest absolute Gasteiger partial charge is 0.452 e. The summed E-state index contributed by atoms with van der Waals surface area (Å²) in [5, 5.41) is 2.47. The standard InChI is InChI=1S/C20H20ClFN2O6S/c1-13-2-3-14(22)10-16(13)20(26)30-12-19(25)23-15-4-5-17(21)18(11-15)31(27,28)24-6-8-29-9-7-24/h2-5,10-11H,6-9,12H2,1H3,(H,23,25). The Hall–Kier alpha value is -2.53. The van der Waals surface area contributed by atoms with E-state index >= 15 is 0 Å². The molecule has 0 spiro atoms. The molecule has 1 heterocycles. The van der Waals surface area contributed by atoms with E-state index in [9.17, 15) is 22.4 Å². The Bertz CT molecular complexity index is 1100. The Morgan fingerprint density at radius 3 is 2.61 bits per heavy atom. The zero-order chi connectivity index (χ0) is 22.6. The normalized spacial score (nSPS) is 14.8. The third kappa shape index (κ3) is 5.59. The maximum absolute atomic E-state index is 13.3. The quantitative estimate of drug-likeness (QED) is 0.651. The molecule has 1 amide bonds. The van der Waals surface area contributed by atoms with E-state index in [2.05, 4.69) is 5.32 Å². The van der Waals surface area contributed by atoms with Gasteiger partial charge in [-0.15, -0.1) is 0 Å². The fraction of sp³-hybridized carbons (Fsp3) is 0.300. The Morgan fingerprint density at radius 2 is 1.90 bits per heavy atom. The van der Waals surface area contributed by atoms with Crippen molar-refractivity contribution in [3.63, 3.8) is 0 Å². The van der Waals surface area contributed by atoms with Crippen molar-refractivity contribution in [2.24, 2.45) is 0 Å². The number of sulfonamides is 1. The highest BCUT2D eigenvalue weighted by Gasteiger charge is 2.28. The number of benzene rings is 2. The Kier molecular flexibility index (Phi) is 7.26. The first kappa shape index (κ1) is 23.1. The van der Waals surface area contributed by atoms with E-state index in [1.54, 1.807) is 6.92 Å².